The third kappa shape index (κ3) is 3.47. The molecule has 0 aliphatic rings. The van der Waals surface area contributed by atoms with Gasteiger partial charge < -0.3 is 9.84 Å². The SMILES string of the molecule is Cc1cc(NC(=O)c2sccc2NS(=O)(=O)c2ccccc2)no1. The Morgan fingerprint density at radius 3 is 2.62 bits per heavy atom. The Morgan fingerprint density at radius 2 is 1.96 bits per heavy atom. The summed E-state index contributed by atoms with van der Waals surface area (Å²) in [4.78, 5) is 12.7. The molecule has 0 bridgehead atoms. The number of hydrogen-bond acceptors (Lipinski definition) is 6. The average Bonchev–Trinajstić information content (AvgIpc) is 3.17. The second-order valence-corrected chi connectivity index (χ2v) is 7.46. The quantitative estimate of drug-likeness (QED) is 0.725. The first kappa shape index (κ1) is 16.2. The Balaban J connectivity index is 1.81. The molecule has 2 N–H and O–H groups in total. The molecule has 124 valence electrons. The molecule has 0 saturated carbocycles. The predicted molar refractivity (Wildman–Crippen MR) is 90.8 cm³/mol. The van der Waals surface area contributed by atoms with Gasteiger partial charge in [-0.3, -0.25) is 9.52 Å². The molecule has 0 saturated heterocycles. The van der Waals surface area contributed by atoms with Crippen molar-refractivity contribution in [2.24, 2.45) is 0 Å². The van der Waals surface area contributed by atoms with Gasteiger partial charge in [-0.1, -0.05) is 23.4 Å². The average molecular weight is 363 g/mol. The summed E-state index contributed by atoms with van der Waals surface area (Å²) in [5, 5.41) is 7.87. The van der Waals surface area contributed by atoms with Gasteiger partial charge in [-0.15, -0.1) is 11.3 Å². The highest BCUT2D eigenvalue weighted by Gasteiger charge is 2.20. The summed E-state index contributed by atoms with van der Waals surface area (Å²) in [7, 11) is -3.77. The molecule has 0 fully saturated rings. The lowest BCUT2D eigenvalue weighted by atomic mass is 10.4. The molecule has 3 rings (SSSR count). The number of sulfonamides is 1. The highest BCUT2D eigenvalue weighted by atomic mass is 32.2. The van der Waals surface area contributed by atoms with Gasteiger partial charge in [-0.2, -0.15) is 0 Å². The van der Waals surface area contributed by atoms with Crippen LogP contribution in [0.15, 0.2) is 57.3 Å². The van der Waals surface area contributed by atoms with Crippen LogP contribution in [0.25, 0.3) is 0 Å². The van der Waals surface area contributed by atoms with Crippen LogP contribution >= 0.6 is 11.3 Å². The molecule has 0 aliphatic heterocycles. The molecule has 3 aromatic rings. The molecule has 0 spiro atoms. The summed E-state index contributed by atoms with van der Waals surface area (Å²) in [6.45, 7) is 1.70. The van der Waals surface area contributed by atoms with Crippen molar-refractivity contribution in [1.29, 1.82) is 0 Å². The van der Waals surface area contributed by atoms with Gasteiger partial charge in [-0.05, 0) is 30.5 Å². The van der Waals surface area contributed by atoms with E-state index in [1.54, 1.807) is 36.6 Å². The molecule has 0 radical (unpaired) electrons. The Hall–Kier alpha value is -2.65. The zero-order chi connectivity index (χ0) is 17.2. The molecular formula is C15H13N3O4S2. The zero-order valence-corrected chi connectivity index (χ0v) is 14.1. The summed E-state index contributed by atoms with van der Waals surface area (Å²) in [5.41, 5.74) is 0.210. The Morgan fingerprint density at radius 1 is 1.21 bits per heavy atom. The second kappa shape index (κ2) is 6.46. The van der Waals surface area contributed by atoms with Crippen LogP contribution in [0.1, 0.15) is 15.4 Å². The fourth-order valence-corrected chi connectivity index (χ4v) is 3.87. The molecule has 0 aliphatic carbocycles. The van der Waals surface area contributed by atoms with Crippen molar-refractivity contribution in [3.8, 4) is 0 Å². The van der Waals surface area contributed by atoms with Crippen LogP contribution in [0, 0.1) is 6.92 Å². The van der Waals surface area contributed by atoms with E-state index in [0.29, 0.717) is 5.76 Å². The third-order valence-electron chi connectivity index (χ3n) is 3.04. The normalized spacial score (nSPS) is 11.2. The Bertz CT molecular complexity index is 962. The molecule has 0 unspecified atom stereocenters. The van der Waals surface area contributed by atoms with Gasteiger partial charge in [0.05, 0.1) is 10.6 Å². The van der Waals surface area contributed by atoms with E-state index in [1.807, 2.05) is 0 Å². The first-order valence-electron chi connectivity index (χ1n) is 6.86. The lowest BCUT2D eigenvalue weighted by Crippen LogP contribution is -2.17. The van der Waals surface area contributed by atoms with E-state index >= 15 is 0 Å². The lowest BCUT2D eigenvalue weighted by molar-refractivity contribution is 0.103. The van der Waals surface area contributed by atoms with Crippen LogP contribution in [0.4, 0.5) is 11.5 Å². The number of carbonyl (C=O) groups is 1. The van der Waals surface area contributed by atoms with E-state index in [4.69, 9.17) is 4.52 Å². The maximum atomic E-state index is 12.4. The predicted octanol–water partition coefficient (Wildman–Crippen LogP) is 3.10. The number of rotatable bonds is 5. The number of nitrogens with one attached hydrogen (secondary N) is 2. The molecule has 1 aromatic carbocycles. The van der Waals surface area contributed by atoms with Crippen LogP contribution in [-0.4, -0.2) is 19.5 Å². The van der Waals surface area contributed by atoms with Gasteiger partial charge in [0.2, 0.25) is 0 Å². The minimum Gasteiger partial charge on any atom is -0.360 e. The number of aromatic nitrogens is 1. The van der Waals surface area contributed by atoms with Crippen molar-refractivity contribution in [1.82, 2.24) is 5.16 Å². The highest BCUT2D eigenvalue weighted by Crippen LogP contribution is 2.26. The van der Waals surface area contributed by atoms with E-state index < -0.39 is 15.9 Å². The zero-order valence-electron chi connectivity index (χ0n) is 12.5. The van der Waals surface area contributed by atoms with Gasteiger partial charge in [0, 0.05) is 6.07 Å². The number of nitrogens with zero attached hydrogens (tertiary/aromatic N) is 1. The molecule has 2 aromatic heterocycles. The molecule has 1 amide bonds. The largest absolute Gasteiger partial charge is 0.360 e. The third-order valence-corrected chi connectivity index (χ3v) is 5.33. The van der Waals surface area contributed by atoms with Gasteiger partial charge in [0.1, 0.15) is 10.6 Å². The number of carbonyl (C=O) groups excluding carboxylic acids is 1. The van der Waals surface area contributed by atoms with Gasteiger partial charge >= 0.3 is 0 Å². The van der Waals surface area contributed by atoms with Crippen molar-refractivity contribution in [3.63, 3.8) is 0 Å². The van der Waals surface area contributed by atoms with Crippen molar-refractivity contribution < 1.29 is 17.7 Å². The first-order chi connectivity index (χ1) is 11.5. The van der Waals surface area contributed by atoms with Crippen LogP contribution in [0.5, 0.6) is 0 Å². The van der Waals surface area contributed by atoms with Crippen molar-refractivity contribution >= 4 is 38.8 Å². The number of amides is 1. The number of thiophene rings is 1. The fraction of sp³-hybridized carbons (Fsp3) is 0.0667. The van der Waals surface area contributed by atoms with Gasteiger partial charge in [0.15, 0.2) is 5.82 Å². The summed E-state index contributed by atoms with van der Waals surface area (Å²) >= 11 is 1.12. The number of benzene rings is 1. The maximum absolute atomic E-state index is 12.4. The number of anilines is 2. The number of hydrogen-bond donors (Lipinski definition) is 2. The molecular weight excluding hydrogens is 350 g/mol. The topological polar surface area (TPSA) is 101 Å². The maximum Gasteiger partial charge on any atom is 0.269 e. The molecule has 0 atom stereocenters. The lowest BCUT2D eigenvalue weighted by Gasteiger charge is -2.08. The minimum atomic E-state index is -3.77. The summed E-state index contributed by atoms with van der Waals surface area (Å²) in [5.74, 6) is 0.355. The standard InChI is InChI=1S/C15H13N3O4S2/c1-10-9-13(17-22-10)16-15(19)14-12(7-8-23-14)18-24(20,21)11-5-3-2-4-6-11/h2-9,18H,1H3,(H,16,17,19). The van der Waals surface area contributed by atoms with E-state index in [0.717, 1.165) is 11.3 Å². The van der Waals surface area contributed by atoms with Crippen molar-refractivity contribution in [3.05, 3.63) is 58.5 Å². The molecule has 9 heteroatoms. The Labute approximate surface area is 142 Å². The van der Waals surface area contributed by atoms with Crippen LogP contribution in [-0.2, 0) is 10.0 Å². The van der Waals surface area contributed by atoms with Crippen molar-refractivity contribution in [2.45, 2.75) is 11.8 Å². The van der Waals surface area contributed by atoms with Crippen LogP contribution in [0.2, 0.25) is 0 Å². The Kier molecular flexibility index (Phi) is 4.36. The van der Waals surface area contributed by atoms with E-state index in [1.165, 1.54) is 18.2 Å². The van der Waals surface area contributed by atoms with Crippen LogP contribution in [0.3, 0.4) is 0 Å². The molecule has 7 nitrogen and oxygen atoms in total. The second-order valence-electron chi connectivity index (χ2n) is 4.86. The summed E-state index contributed by atoms with van der Waals surface area (Å²) in [6.07, 6.45) is 0. The number of aryl methyl sites for hydroxylation is 1. The summed E-state index contributed by atoms with van der Waals surface area (Å²) < 4.78 is 32.1. The summed E-state index contributed by atoms with van der Waals surface area (Å²) in [6, 6.07) is 11.0. The van der Waals surface area contributed by atoms with E-state index in [-0.39, 0.29) is 21.3 Å². The molecule has 24 heavy (non-hydrogen) atoms. The van der Waals surface area contributed by atoms with E-state index in [9.17, 15) is 13.2 Å². The molecule has 2 heterocycles. The van der Waals surface area contributed by atoms with Crippen molar-refractivity contribution in [2.75, 3.05) is 10.0 Å². The van der Waals surface area contributed by atoms with Gasteiger partial charge in [-0.25, -0.2) is 8.42 Å². The smallest absolute Gasteiger partial charge is 0.269 e. The highest BCUT2D eigenvalue weighted by molar-refractivity contribution is 7.92. The first-order valence-corrected chi connectivity index (χ1v) is 9.22. The van der Waals surface area contributed by atoms with Gasteiger partial charge in [0.25, 0.3) is 15.9 Å². The minimum absolute atomic E-state index is 0.120. The fourth-order valence-electron chi connectivity index (χ4n) is 1.97. The van der Waals surface area contributed by atoms with E-state index in [2.05, 4.69) is 15.2 Å². The monoisotopic (exact) mass is 363 g/mol. The van der Waals surface area contributed by atoms with Crippen LogP contribution < -0.4 is 10.0 Å².